The highest BCUT2D eigenvalue weighted by Gasteiger charge is 2.13. The summed E-state index contributed by atoms with van der Waals surface area (Å²) in [4.78, 5) is 12.1. The highest BCUT2D eigenvalue weighted by Crippen LogP contribution is 2.37. The van der Waals surface area contributed by atoms with Crippen LogP contribution in [0.5, 0.6) is 11.5 Å². The Bertz CT molecular complexity index is 1200. The number of urea groups is 1. The summed E-state index contributed by atoms with van der Waals surface area (Å²) in [6.07, 6.45) is 1.51. The van der Waals surface area contributed by atoms with E-state index in [1.165, 1.54) is 6.21 Å². The third-order valence-electron chi connectivity index (χ3n) is 4.61. The fourth-order valence-corrected chi connectivity index (χ4v) is 3.57. The first-order valence-corrected chi connectivity index (χ1v) is 11.0. The van der Waals surface area contributed by atoms with Crippen molar-refractivity contribution in [1.29, 1.82) is 5.26 Å². The van der Waals surface area contributed by atoms with Crippen molar-refractivity contribution in [3.63, 3.8) is 0 Å². The Morgan fingerprint density at radius 1 is 1.15 bits per heavy atom. The van der Waals surface area contributed by atoms with Crippen LogP contribution in [0, 0.1) is 18.3 Å². The van der Waals surface area contributed by atoms with Crippen LogP contribution in [0.3, 0.4) is 0 Å². The molecule has 0 bridgehead atoms. The van der Waals surface area contributed by atoms with E-state index in [2.05, 4.69) is 37.8 Å². The number of para-hydroxylation sites is 1. The number of benzene rings is 3. The van der Waals surface area contributed by atoms with Gasteiger partial charge in [-0.3, -0.25) is 0 Å². The number of anilines is 1. The van der Waals surface area contributed by atoms with Gasteiger partial charge in [0.2, 0.25) is 0 Å². The highest BCUT2D eigenvalue weighted by molar-refractivity contribution is 9.10. The molecule has 0 radical (unpaired) electrons. The Balaban J connectivity index is 1.70. The molecule has 0 aromatic heterocycles. The lowest BCUT2D eigenvalue weighted by atomic mass is 10.1. The van der Waals surface area contributed by atoms with Crippen LogP contribution in [0.15, 0.2) is 70.2 Å². The number of nitrogens with zero attached hydrogens (tertiary/aromatic N) is 2. The lowest BCUT2D eigenvalue weighted by Gasteiger charge is -2.15. The van der Waals surface area contributed by atoms with Gasteiger partial charge in [0, 0.05) is 11.3 Å². The fourth-order valence-electron chi connectivity index (χ4n) is 3.00. The van der Waals surface area contributed by atoms with Gasteiger partial charge in [0.25, 0.3) is 0 Å². The van der Waals surface area contributed by atoms with Gasteiger partial charge in [-0.2, -0.15) is 10.4 Å². The molecule has 0 saturated heterocycles. The van der Waals surface area contributed by atoms with E-state index in [1.807, 2.05) is 56.3 Å². The molecule has 0 spiro atoms. The number of hydrogen-bond donors (Lipinski definition) is 2. The quantitative estimate of drug-likeness (QED) is 0.299. The topological polar surface area (TPSA) is 95.7 Å². The maximum atomic E-state index is 12.1. The average molecular weight is 507 g/mol. The monoisotopic (exact) mass is 506 g/mol. The summed E-state index contributed by atoms with van der Waals surface area (Å²) in [6, 6.07) is 20.0. The van der Waals surface area contributed by atoms with E-state index < -0.39 is 6.03 Å². The van der Waals surface area contributed by atoms with Crippen molar-refractivity contribution in [1.82, 2.24) is 5.43 Å². The molecule has 0 unspecified atom stereocenters. The molecule has 3 aromatic carbocycles. The maximum absolute atomic E-state index is 12.1. The predicted octanol–water partition coefficient (Wildman–Crippen LogP) is 5.76. The van der Waals surface area contributed by atoms with Crippen LogP contribution in [0.1, 0.15) is 29.2 Å². The van der Waals surface area contributed by atoms with E-state index in [-0.39, 0.29) is 6.61 Å². The van der Waals surface area contributed by atoms with E-state index >= 15 is 0 Å². The number of hydrogen-bond acceptors (Lipinski definition) is 5. The van der Waals surface area contributed by atoms with Crippen LogP contribution >= 0.6 is 15.9 Å². The van der Waals surface area contributed by atoms with Crippen molar-refractivity contribution in [2.45, 2.75) is 20.5 Å². The molecule has 0 aliphatic carbocycles. The molecule has 3 aromatic rings. The third kappa shape index (κ3) is 6.57. The lowest BCUT2D eigenvalue weighted by Crippen LogP contribution is -2.24. The predicted molar refractivity (Wildman–Crippen MR) is 132 cm³/mol. The Morgan fingerprint density at radius 3 is 2.67 bits per heavy atom. The highest BCUT2D eigenvalue weighted by atomic mass is 79.9. The van der Waals surface area contributed by atoms with Crippen LogP contribution in [-0.4, -0.2) is 18.9 Å². The van der Waals surface area contributed by atoms with E-state index in [0.29, 0.717) is 39.4 Å². The Hall–Kier alpha value is -3.83. The second-order valence-electron chi connectivity index (χ2n) is 6.96. The van der Waals surface area contributed by atoms with Crippen LogP contribution in [0.2, 0.25) is 0 Å². The molecule has 0 saturated carbocycles. The zero-order valence-electron chi connectivity index (χ0n) is 18.3. The summed E-state index contributed by atoms with van der Waals surface area (Å²) in [7, 11) is 0. The molecule has 0 heterocycles. The van der Waals surface area contributed by atoms with Gasteiger partial charge in [-0.25, -0.2) is 10.2 Å². The van der Waals surface area contributed by atoms with Crippen molar-refractivity contribution in [2.75, 3.05) is 11.9 Å². The maximum Gasteiger partial charge on any atom is 0.339 e. The van der Waals surface area contributed by atoms with E-state index in [0.717, 1.165) is 11.1 Å². The fraction of sp³-hybridized carbons (Fsp3) is 0.160. The third-order valence-corrected chi connectivity index (χ3v) is 5.20. The molecule has 0 aliphatic heterocycles. The normalized spacial score (nSPS) is 10.5. The summed E-state index contributed by atoms with van der Waals surface area (Å²) in [5.41, 5.74) is 6.16. The standard InChI is InChI=1S/C25H23BrN4O3/c1-3-32-23-13-18(15-28-30-25(31)29-22-11-7-4-8-17(22)2)12-21(26)24(23)33-16-20-10-6-5-9-19(20)14-27/h4-13,15H,3,16H2,1-2H3,(H2,29,30,31). The Kier molecular flexibility index (Phi) is 8.44. The molecule has 0 aliphatic rings. The van der Waals surface area contributed by atoms with Gasteiger partial charge in [0.1, 0.15) is 6.61 Å². The number of carbonyl (C=O) groups excluding carboxylic acids is 1. The number of nitrogens with one attached hydrogen (secondary N) is 2. The van der Waals surface area contributed by atoms with E-state index in [9.17, 15) is 10.1 Å². The first-order valence-electron chi connectivity index (χ1n) is 10.2. The number of amides is 2. The molecule has 168 valence electrons. The molecule has 2 N–H and O–H groups in total. The zero-order chi connectivity index (χ0) is 23.6. The van der Waals surface area contributed by atoms with Crippen molar-refractivity contribution in [2.24, 2.45) is 5.10 Å². The second kappa shape index (κ2) is 11.7. The van der Waals surface area contributed by atoms with Gasteiger partial charge in [-0.05, 0) is 65.2 Å². The van der Waals surface area contributed by atoms with Crippen molar-refractivity contribution in [3.8, 4) is 17.6 Å². The minimum atomic E-state index is -0.444. The number of carbonyl (C=O) groups is 1. The van der Waals surface area contributed by atoms with E-state index in [4.69, 9.17) is 9.47 Å². The molecule has 33 heavy (non-hydrogen) atoms. The molecule has 8 heteroatoms. The molecular formula is C25H23BrN4O3. The number of halogens is 1. The number of rotatable bonds is 8. The van der Waals surface area contributed by atoms with Gasteiger partial charge in [-0.1, -0.05) is 36.4 Å². The van der Waals surface area contributed by atoms with Crippen LogP contribution < -0.4 is 20.2 Å². The number of hydrazone groups is 1. The van der Waals surface area contributed by atoms with Crippen molar-refractivity contribution < 1.29 is 14.3 Å². The molecule has 2 amide bonds. The van der Waals surface area contributed by atoms with Crippen LogP contribution in [0.25, 0.3) is 0 Å². The lowest BCUT2D eigenvalue weighted by molar-refractivity contribution is 0.252. The van der Waals surface area contributed by atoms with Gasteiger partial charge >= 0.3 is 6.03 Å². The van der Waals surface area contributed by atoms with Crippen LogP contribution in [0.4, 0.5) is 10.5 Å². The molecule has 3 rings (SSSR count). The summed E-state index contributed by atoms with van der Waals surface area (Å²) in [6.45, 7) is 4.45. The summed E-state index contributed by atoms with van der Waals surface area (Å²) in [5.74, 6) is 1.04. The molecular weight excluding hydrogens is 484 g/mol. The second-order valence-corrected chi connectivity index (χ2v) is 7.81. The van der Waals surface area contributed by atoms with Crippen LogP contribution in [-0.2, 0) is 6.61 Å². The van der Waals surface area contributed by atoms with Gasteiger partial charge in [0.15, 0.2) is 11.5 Å². The van der Waals surface area contributed by atoms with Crippen molar-refractivity contribution >= 4 is 33.9 Å². The number of nitriles is 1. The summed E-state index contributed by atoms with van der Waals surface area (Å²) < 4.78 is 12.4. The van der Waals surface area contributed by atoms with Gasteiger partial charge in [0.05, 0.1) is 28.9 Å². The minimum absolute atomic E-state index is 0.219. The first kappa shape index (κ1) is 23.8. The number of ether oxygens (including phenoxy) is 2. The Labute approximate surface area is 201 Å². The van der Waals surface area contributed by atoms with Crippen molar-refractivity contribution in [3.05, 3.63) is 87.4 Å². The largest absolute Gasteiger partial charge is 0.490 e. The number of aryl methyl sites for hydroxylation is 1. The molecule has 7 nitrogen and oxygen atoms in total. The van der Waals surface area contributed by atoms with Gasteiger partial charge in [-0.15, -0.1) is 0 Å². The average Bonchev–Trinajstić information content (AvgIpc) is 2.80. The van der Waals surface area contributed by atoms with Gasteiger partial charge < -0.3 is 14.8 Å². The SMILES string of the molecule is CCOc1cc(C=NNC(=O)Nc2ccccc2C)cc(Br)c1OCc1ccccc1C#N. The smallest absolute Gasteiger partial charge is 0.339 e. The summed E-state index contributed by atoms with van der Waals surface area (Å²) >= 11 is 3.52. The molecule has 0 atom stereocenters. The summed E-state index contributed by atoms with van der Waals surface area (Å²) in [5, 5.41) is 16.0. The zero-order valence-corrected chi connectivity index (χ0v) is 19.8. The van der Waals surface area contributed by atoms with E-state index in [1.54, 1.807) is 18.2 Å². The minimum Gasteiger partial charge on any atom is -0.490 e. The first-order chi connectivity index (χ1) is 16.0. The Morgan fingerprint density at radius 2 is 1.91 bits per heavy atom. The molecule has 0 fully saturated rings.